The van der Waals surface area contributed by atoms with Gasteiger partial charge in [0.05, 0.1) is 16.8 Å². The second kappa shape index (κ2) is 6.25. The number of carbonyl (C=O) groups is 1. The first-order valence-electron chi connectivity index (χ1n) is 7.51. The van der Waals surface area contributed by atoms with Crippen molar-refractivity contribution in [1.29, 1.82) is 0 Å². The largest absolute Gasteiger partial charge is 0.323 e. The summed E-state index contributed by atoms with van der Waals surface area (Å²) in [6.45, 7) is 0. The Morgan fingerprint density at radius 2 is 1.83 bits per heavy atom. The van der Waals surface area contributed by atoms with Gasteiger partial charge in [-0.1, -0.05) is 0 Å². The summed E-state index contributed by atoms with van der Waals surface area (Å²) in [5.41, 5.74) is 1.07. The number of benzene rings is 1. The van der Waals surface area contributed by atoms with E-state index < -0.39 is 16.1 Å². The lowest BCUT2D eigenvalue weighted by atomic mass is 10.3. The Morgan fingerprint density at radius 3 is 2.38 bits per heavy atom. The summed E-state index contributed by atoms with van der Waals surface area (Å²) < 4.78 is 27.8. The summed E-state index contributed by atoms with van der Waals surface area (Å²) in [6.07, 6.45) is 5.01. The zero-order valence-electron chi connectivity index (χ0n) is 13.4. The van der Waals surface area contributed by atoms with Gasteiger partial charge in [0.25, 0.3) is 0 Å². The monoisotopic (exact) mass is 349 g/mol. The van der Waals surface area contributed by atoms with E-state index in [-0.39, 0.29) is 10.9 Å². The van der Waals surface area contributed by atoms with Crippen molar-refractivity contribution >= 4 is 27.4 Å². The van der Waals surface area contributed by atoms with Crippen LogP contribution in [0, 0.1) is 0 Å². The Hall–Kier alpha value is -2.39. The van der Waals surface area contributed by atoms with Crippen LogP contribution < -0.4 is 10.6 Å². The molecular weight excluding hydrogens is 330 g/mol. The quantitative estimate of drug-likeness (QED) is 0.861. The van der Waals surface area contributed by atoms with Crippen LogP contribution in [-0.4, -0.2) is 41.6 Å². The third kappa shape index (κ3) is 3.57. The van der Waals surface area contributed by atoms with Gasteiger partial charge >= 0.3 is 6.03 Å². The van der Waals surface area contributed by atoms with Gasteiger partial charge in [-0.05, 0) is 37.1 Å². The summed E-state index contributed by atoms with van der Waals surface area (Å²) in [4.78, 5) is 12.1. The molecule has 1 saturated carbocycles. The number of sulfonamides is 1. The maximum Gasteiger partial charge on any atom is 0.323 e. The van der Waals surface area contributed by atoms with Crippen molar-refractivity contribution in [3.8, 4) is 0 Å². The number of aryl methyl sites for hydroxylation is 1. The van der Waals surface area contributed by atoms with Crippen molar-refractivity contribution in [2.45, 2.75) is 23.8 Å². The van der Waals surface area contributed by atoms with Crippen LogP contribution in [0.5, 0.6) is 0 Å². The standard InChI is InChI=1S/C15H19N5O3S/c1-19-10-12(9-16-19)18-15(21)17-11-3-7-14(8-4-11)24(22,23)20(2)13-5-6-13/h3-4,7-10,13H,5-6H2,1-2H3,(H2,17,18,21). The van der Waals surface area contributed by atoms with E-state index in [9.17, 15) is 13.2 Å². The first-order chi connectivity index (χ1) is 11.4. The van der Waals surface area contributed by atoms with Crippen molar-refractivity contribution in [3.05, 3.63) is 36.7 Å². The number of carbonyl (C=O) groups excluding carboxylic acids is 1. The van der Waals surface area contributed by atoms with Crippen molar-refractivity contribution < 1.29 is 13.2 Å². The van der Waals surface area contributed by atoms with Gasteiger partial charge in [0, 0.05) is 32.0 Å². The van der Waals surface area contributed by atoms with Crippen LogP contribution in [0.2, 0.25) is 0 Å². The van der Waals surface area contributed by atoms with Crippen LogP contribution in [0.25, 0.3) is 0 Å². The SMILES string of the molecule is CN(C1CC1)S(=O)(=O)c1ccc(NC(=O)Nc2cnn(C)c2)cc1. The number of anilines is 2. The van der Waals surface area contributed by atoms with Gasteiger partial charge in [-0.25, -0.2) is 13.2 Å². The van der Waals surface area contributed by atoms with E-state index in [0.29, 0.717) is 11.4 Å². The van der Waals surface area contributed by atoms with E-state index in [4.69, 9.17) is 0 Å². The lowest BCUT2D eigenvalue weighted by Gasteiger charge is -2.16. The van der Waals surface area contributed by atoms with Crippen LogP contribution in [-0.2, 0) is 17.1 Å². The second-order valence-electron chi connectivity index (χ2n) is 5.76. The molecule has 1 aromatic heterocycles. The molecule has 3 rings (SSSR count). The molecule has 1 aliphatic carbocycles. The maximum absolute atomic E-state index is 12.4. The van der Waals surface area contributed by atoms with E-state index in [1.165, 1.54) is 22.6 Å². The van der Waals surface area contributed by atoms with Crippen LogP contribution in [0.4, 0.5) is 16.2 Å². The maximum atomic E-state index is 12.4. The van der Waals surface area contributed by atoms with Gasteiger partial charge in [0.1, 0.15) is 0 Å². The van der Waals surface area contributed by atoms with Gasteiger partial charge in [-0.2, -0.15) is 9.40 Å². The van der Waals surface area contributed by atoms with Crippen LogP contribution in [0.3, 0.4) is 0 Å². The van der Waals surface area contributed by atoms with Gasteiger partial charge < -0.3 is 10.6 Å². The third-order valence-electron chi connectivity index (χ3n) is 3.81. The van der Waals surface area contributed by atoms with E-state index >= 15 is 0 Å². The molecule has 24 heavy (non-hydrogen) atoms. The van der Waals surface area contributed by atoms with Gasteiger partial charge in [0.2, 0.25) is 10.0 Å². The zero-order chi connectivity index (χ0) is 17.3. The molecule has 1 aromatic carbocycles. The number of amides is 2. The highest BCUT2D eigenvalue weighted by Crippen LogP contribution is 2.30. The van der Waals surface area contributed by atoms with Crippen LogP contribution in [0.15, 0.2) is 41.6 Å². The molecule has 2 aromatic rings. The van der Waals surface area contributed by atoms with Crippen molar-refractivity contribution in [2.75, 3.05) is 17.7 Å². The lowest BCUT2D eigenvalue weighted by molar-refractivity contribution is 0.262. The van der Waals surface area contributed by atoms with E-state index in [1.807, 2.05) is 0 Å². The summed E-state index contributed by atoms with van der Waals surface area (Å²) in [5, 5.41) is 9.24. The minimum atomic E-state index is -3.47. The number of hydrogen-bond acceptors (Lipinski definition) is 4. The molecule has 2 N–H and O–H groups in total. The van der Waals surface area contributed by atoms with Crippen LogP contribution in [0.1, 0.15) is 12.8 Å². The number of urea groups is 1. The highest BCUT2D eigenvalue weighted by Gasteiger charge is 2.34. The molecule has 0 saturated heterocycles. The molecule has 0 radical (unpaired) electrons. The van der Waals surface area contributed by atoms with Crippen molar-refractivity contribution in [3.63, 3.8) is 0 Å². The molecule has 1 heterocycles. The summed E-state index contributed by atoms with van der Waals surface area (Å²) in [6, 6.07) is 5.81. The molecule has 0 unspecified atom stereocenters. The fourth-order valence-electron chi connectivity index (χ4n) is 2.29. The minimum absolute atomic E-state index is 0.109. The number of hydrogen-bond donors (Lipinski definition) is 2. The molecular formula is C15H19N5O3S. The first-order valence-corrected chi connectivity index (χ1v) is 8.95. The molecule has 9 heteroatoms. The molecule has 1 fully saturated rings. The zero-order valence-corrected chi connectivity index (χ0v) is 14.2. The van der Waals surface area contributed by atoms with Gasteiger partial charge in [-0.3, -0.25) is 4.68 Å². The predicted octanol–water partition coefficient (Wildman–Crippen LogP) is 1.85. The lowest BCUT2D eigenvalue weighted by Crippen LogP contribution is -2.28. The van der Waals surface area contributed by atoms with E-state index in [1.54, 1.807) is 37.1 Å². The Balaban J connectivity index is 1.65. The number of nitrogens with zero attached hydrogens (tertiary/aromatic N) is 3. The topological polar surface area (TPSA) is 96.3 Å². The fourth-order valence-corrected chi connectivity index (χ4v) is 3.71. The van der Waals surface area contributed by atoms with Crippen molar-refractivity contribution in [2.24, 2.45) is 7.05 Å². The van der Waals surface area contributed by atoms with E-state index in [0.717, 1.165) is 12.8 Å². The van der Waals surface area contributed by atoms with Gasteiger partial charge in [-0.15, -0.1) is 0 Å². The number of aromatic nitrogens is 2. The molecule has 8 nitrogen and oxygen atoms in total. The Kier molecular flexibility index (Phi) is 4.29. The predicted molar refractivity (Wildman–Crippen MR) is 90.3 cm³/mol. The molecule has 0 aliphatic heterocycles. The Bertz CT molecular complexity index is 840. The number of nitrogens with one attached hydrogen (secondary N) is 2. The highest BCUT2D eigenvalue weighted by atomic mass is 32.2. The average molecular weight is 349 g/mol. The fraction of sp³-hybridized carbons (Fsp3) is 0.333. The minimum Gasteiger partial charge on any atom is -0.308 e. The smallest absolute Gasteiger partial charge is 0.308 e. The Labute approximate surface area is 140 Å². The summed E-state index contributed by atoms with van der Waals surface area (Å²) in [7, 11) is -0.124. The molecule has 0 spiro atoms. The van der Waals surface area contributed by atoms with Crippen LogP contribution >= 0.6 is 0 Å². The molecule has 1 aliphatic rings. The third-order valence-corrected chi connectivity index (χ3v) is 5.74. The molecule has 0 atom stereocenters. The molecule has 0 bridgehead atoms. The summed E-state index contributed by atoms with van der Waals surface area (Å²) >= 11 is 0. The second-order valence-corrected chi connectivity index (χ2v) is 7.76. The number of rotatable bonds is 5. The average Bonchev–Trinajstić information content (AvgIpc) is 3.30. The first kappa shape index (κ1) is 16.5. The van der Waals surface area contributed by atoms with E-state index in [2.05, 4.69) is 15.7 Å². The molecule has 128 valence electrons. The van der Waals surface area contributed by atoms with Gasteiger partial charge in [0.15, 0.2) is 0 Å². The normalized spacial score (nSPS) is 14.6. The Morgan fingerprint density at radius 1 is 1.21 bits per heavy atom. The molecule has 2 amide bonds. The summed E-state index contributed by atoms with van der Waals surface area (Å²) in [5.74, 6) is 0. The highest BCUT2D eigenvalue weighted by molar-refractivity contribution is 7.89. The van der Waals surface area contributed by atoms with Crippen molar-refractivity contribution in [1.82, 2.24) is 14.1 Å².